The van der Waals surface area contributed by atoms with E-state index in [9.17, 15) is 14.4 Å². The Balaban J connectivity index is 1.79. The lowest BCUT2D eigenvalue weighted by Crippen LogP contribution is -2.34. The van der Waals surface area contributed by atoms with E-state index in [1.54, 1.807) is 0 Å². The van der Waals surface area contributed by atoms with E-state index in [-0.39, 0.29) is 30.2 Å². The summed E-state index contributed by atoms with van der Waals surface area (Å²) in [5, 5.41) is 5.71. The van der Waals surface area contributed by atoms with Gasteiger partial charge in [0.2, 0.25) is 17.7 Å². The molecule has 6 nitrogen and oxygen atoms in total. The van der Waals surface area contributed by atoms with Crippen LogP contribution in [0.4, 0.5) is 0 Å². The summed E-state index contributed by atoms with van der Waals surface area (Å²) in [4.78, 5) is 37.0. The number of hydrogen-bond acceptors (Lipinski definition) is 3. The molecule has 6 heteroatoms. The van der Waals surface area contributed by atoms with Crippen molar-refractivity contribution in [2.24, 2.45) is 0 Å². The SMILES string of the molecule is CC(=O)N[C@@H](CC(=O)NCCCN1CCCC1=O)c1ccc(C)cc1. The summed E-state index contributed by atoms with van der Waals surface area (Å²) in [6, 6.07) is 7.47. The Labute approximate surface area is 149 Å². The molecule has 1 aromatic rings. The minimum absolute atomic E-state index is 0.105. The predicted octanol–water partition coefficient (Wildman–Crippen LogP) is 1.69. The molecule has 0 unspecified atom stereocenters. The molecule has 1 atom stereocenters. The summed E-state index contributed by atoms with van der Waals surface area (Å²) in [5.74, 6) is -0.0607. The van der Waals surface area contributed by atoms with E-state index in [2.05, 4.69) is 10.6 Å². The summed E-state index contributed by atoms with van der Waals surface area (Å²) >= 11 is 0. The van der Waals surface area contributed by atoms with Crippen LogP contribution in [0, 0.1) is 6.92 Å². The number of carbonyl (C=O) groups excluding carboxylic acids is 3. The van der Waals surface area contributed by atoms with Gasteiger partial charge in [-0.1, -0.05) is 29.8 Å². The number of likely N-dealkylation sites (tertiary alicyclic amines) is 1. The summed E-state index contributed by atoms with van der Waals surface area (Å²) < 4.78 is 0. The zero-order valence-corrected chi connectivity index (χ0v) is 15.0. The summed E-state index contributed by atoms with van der Waals surface area (Å²) in [6.07, 6.45) is 2.51. The number of benzene rings is 1. The Morgan fingerprint density at radius 2 is 1.96 bits per heavy atom. The maximum atomic E-state index is 12.2. The molecule has 1 aliphatic rings. The zero-order chi connectivity index (χ0) is 18.2. The molecule has 136 valence electrons. The van der Waals surface area contributed by atoms with Gasteiger partial charge in [-0.2, -0.15) is 0 Å². The quantitative estimate of drug-likeness (QED) is 0.704. The second-order valence-corrected chi connectivity index (χ2v) is 6.56. The number of nitrogens with zero attached hydrogens (tertiary/aromatic N) is 1. The minimum atomic E-state index is -0.335. The lowest BCUT2D eigenvalue weighted by molar-refractivity contribution is -0.127. The number of rotatable bonds is 8. The molecule has 1 saturated heterocycles. The van der Waals surface area contributed by atoms with E-state index in [0.717, 1.165) is 30.5 Å². The zero-order valence-electron chi connectivity index (χ0n) is 15.0. The van der Waals surface area contributed by atoms with Gasteiger partial charge in [-0.05, 0) is 25.3 Å². The lowest BCUT2D eigenvalue weighted by Gasteiger charge is -2.19. The van der Waals surface area contributed by atoms with Crippen LogP contribution in [0.15, 0.2) is 24.3 Å². The van der Waals surface area contributed by atoms with Crippen molar-refractivity contribution in [3.05, 3.63) is 35.4 Å². The highest BCUT2D eigenvalue weighted by Crippen LogP contribution is 2.17. The molecule has 1 heterocycles. The average Bonchev–Trinajstić information content (AvgIpc) is 2.96. The summed E-state index contributed by atoms with van der Waals surface area (Å²) in [6.45, 7) is 5.49. The third-order valence-corrected chi connectivity index (χ3v) is 4.35. The van der Waals surface area contributed by atoms with Crippen LogP contribution in [-0.2, 0) is 14.4 Å². The summed E-state index contributed by atoms with van der Waals surface area (Å²) in [5.41, 5.74) is 2.05. The van der Waals surface area contributed by atoms with E-state index in [0.29, 0.717) is 19.5 Å². The van der Waals surface area contributed by atoms with Gasteiger partial charge < -0.3 is 15.5 Å². The van der Waals surface area contributed by atoms with Gasteiger partial charge in [0.15, 0.2) is 0 Å². The molecule has 0 aromatic heterocycles. The van der Waals surface area contributed by atoms with E-state index in [1.165, 1.54) is 6.92 Å². The van der Waals surface area contributed by atoms with Crippen LogP contribution in [-0.4, -0.2) is 42.3 Å². The summed E-state index contributed by atoms with van der Waals surface area (Å²) in [7, 11) is 0. The second-order valence-electron chi connectivity index (χ2n) is 6.56. The Kier molecular flexibility index (Phi) is 6.98. The number of amides is 3. The van der Waals surface area contributed by atoms with Crippen LogP contribution in [0.3, 0.4) is 0 Å². The second kappa shape index (κ2) is 9.20. The average molecular weight is 345 g/mol. The standard InChI is InChI=1S/C19H27N3O3/c1-14-6-8-16(9-7-14)17(21-15(2)23)13-18(24)20-10-4-12-22-11-3-5-19(22)25/h6-9,17H,3-5,10-13H2,1-2H3,(H,20,24)(H,21,23)/t17-/m0/s1. The molecule has 1 aromatic carbocycles. The van der Waals surface area contributed by atoms with Crippen LogP contribution in [0.5, 0.6) is 0 Å². The molecular formula is C19H27N3O3. The van der Waals surface area contributed by atoms with Crippen molar-refractivity contribution in [1.82, 2.24) is 15.5 Å². The maximum absolute atomic E-state index is 12.2. The molecule has 25 heavy (non-hydrogen) atoms. The highest BCUT2D eigenvalue weighted by molar-refractivity contribution is 5.79. The van der Waals surface area contributed by atoms with Crippen molar-refractivity contribution in [3.63, 3.8) is 0 Å². The normalized spacial score (nSPS) is 15.1. The molecule has 0 radical (unpaired) electrons. The highest BCUT2D eigenvalue weighted by atomic mass is 16.2. The van der Waals surface area contributed by atoms with Gasteiger partial charge in [0, 0.05) is 33.0 Å². The fraction of sp³-hybridized carbons (Fsp3) is 0.526. The molecule has 1 aliphatic heterocycles. The van der Waals surface area contributed by atoms with Gasteiger partial charge in [-0.25, -0.2) is 0 Å². The molecule has 2 N–H and O–H groups in total. The van der Waals surface area contributed by atoms with Crippen molar-refractivity contribution < 1.29 is 14.4 Å². The van der Waals surface area contributed by atoms with E-state index in [1.807, 2.05) is 36.1 Å². The van der Waals surface area contributed by atoms with Gasteiger partial charge in [0.1, 0.15) is 0 Å². The van der Waals surface area contributed by atoms with E-state index in [4.69, 9.17) is 0 Å². The molecular weight excluding hydrogens is 318 g/mol. The van der Waals surface area contributed by atoms with Gasteiger partial charge in [0.25, 0.3) is 0 Å². The molecule has 0 bridgehead atoms. The van der Waals surface area contributed by atoms with Crippen molar-refractivity contribution in [2.45, 2.75) is 45.6 Å². The Morgan fingerprint density at radius 1 is 1.24 bits per heavy atom. The highest BCUT2D eigenvalue weighted by Gasteiger charge is 2.20. The van der Waals surface area contributed by atoms with E-state index >= 15 is 0 Å². The topological polar surface area (TPSA) is 78.5 Å². The van der Waals surface area contributed by atoms with Crippen LogP contribution >= 0.6 is 0 Å². The van der Waals surface area contributed by atoms with Gasteiger partial charge in [0.05, 0.1) is 12.5 Å². The van der Waals surface area contributed by atoms with Gasteiger partial charge in [-0.15, -0.1) is 0 Å². The Morgan fingerprint density at radius 3 is 2.56 bits per heavy atom. The van der Waals surface area contributed by atoms with E-state index < -0.39 is 0 Å². The van der Waals surface area contributed by atoms with Crippen LogP contribution in [0.2, 0.25) is 0 Å². The smallest absolute Gasteiger partial charge is 0.222 e. The lowest BCUT2D eigenvalue weighted by atomic mass is 10.0. The van der Waals surface area contributed by atoms with Gasteiger partial charge >= 0.3 is 0 Å². The Hall–Kier alpha value is -2.37. The molecule has 2 rings (SSSR count). The monoisotopic (exact) mass is 345 g/mol. The predicted molar refractivity (Wildman–Crippen MR) is 95.8 cm³/mol. The van der Waals surface area contributed by atoms with Crippen molar-refractivity contribution in [3.8, 4) is 0 Å². The number of aryl methyl sites for hydroxylation is 1. The first kappa shape index (κ1) is 19.0. The molecule has 1 fully saturated rings. The molecule has 3 amide bonds. The third kappa shape index (κ3) is 6.21. The molecule has 0 aliphatic carbocycles. The number of nitrogens with one attached hydrogen (secondary N) is 2. The fourth-order valence-electron chi connectivity index (χ4n) is 2.99. The molecule has 0 saturated carbocycles. The third-order valence-electron chi connectivity index (χ3n) is 4.35. The molecule has 0 spiro atoms. The minimum Gasteiger partial charge on any atom is -0.356 e. The van der Waals surface area contributed by atoms with Gasteiger partial charge in [-0.3, -0.25) is 14.4 Å². The first-order valence-corrected chi connectivity index (χ1v) is 8.84. The van der Waals surface area contributed by atoms with Crippen molar-refractivity contribution in [1.29, 1.82) is 0 Å². The number of hydrogen-bond donors (Lipinski definition) is 2. The maximum Gasteiger partial charge on any atom is 0.222 e. The van der Waals surface area contributed by atoms with Crippen LogP contribution in [0.1, 0.15) is 49.8 Å². The first-order valence-electron chi connectivity index (χ1n) is 8.84. The largest absolute Gasteiger partial charge is 0.356 e. The Bertz CT molecular complexity index is 613. The fourth-order valence-corrected chi connectivity index (χ4v) is 2.99. The van der Waals surface area contributed by atoms with Crippen molar-refractivity contribution >= 4 is 17.7 Å². The van der Waals surface area contributed by atoms with Crippen molar-refractivity contribution in [2.75, 3.05) is 19.6 Å². The number of carbonyl (C=O) groups is 3. The van der Waals surface area contributed by atoms with Crippen LogP contribution < -0.4 is 10.6 Å². The first-order chi connectivity index (χ1) is 12.0. The van der Waals surface area contributed by atoms with Crippen LogP contribution in [0.25, 0.3) is 0 Å².